The van der Waals surface area contributed by atoms with E-state index >= 15 is 0 Å². The lowest BCUT2D eigenvalue weighted by Gasteiger charge is -2.35. The van der Waals surface area contributed by atoms with Crippen LogP contribution in [0.4, 0.5) is 10.1 Å². The van der Waals surface area contributed by atoms with Gasteiger partial charge in [-0.05, 0) is 32.1 Å². The van der Waals surface area contributed by atoms with Crippen LogP contribution in [0.15, 0.2) is 24.3 Å². The number of rotatable bonds is 6. The van der Waals surface area contributed by atoms with E-state index in [1.165, 1.54) is 10.4 Å². The van der Waals surface area contributed by atoms with Gasteiger partial charge in [0.2, 0.25) is 10.0 Å². The van der Waals surface area contributed by atoms with Gasteiger partial charge in [0.1, 0.15) is 5.82 Å². The first-order chi connectivity index (χ1) is 10.0. The Bertz CT molecular complexity index is 557. The molecule has 0 amide bonds. The van der Waals surface area contributed by atoms with E-state index < -0.39 is 10.0 Å². The lowest BCUT2D eigenvalue weighted by Crippen LogP contribution is -2.49. The molecule has 1 heterocycles. The summed E-state index contributed by atoms with van der Waals surface area (Å²) in [5, 5.41) is 2.95. The molecule has 1 aliphatic heterocycles. The van der Waals surface area contributed by atoms with Crippen molar-refractivity contribution in [3.63, 3.8) is 0 Å². The van der Waals surface area contributed by atoms with Gasteiger partial charge in [-0.3, -0.25) is 0 Å². The summed E-state index contributed by atoms with van der Waals surface area (Å²) < 4.78 is 39.6. The largest absolute Gasteiger partial charge is 0.367 e. The van der Waals surface area contributed by atoms with Crippen LogP contribution in [-0.4, -0.2) is 58.2 Å². The molecule has 7 heteroatoms. The molecule has 0 saturated carbocycles. The highest BCUT2D eigenvalue weighted by Crippen LogP contribution is 2.21. The fourth-order valence-corrected chi connectivity index (χ4v) is 3.96. The zero-order valence-electron chi connectivity index (χ0n) is 12.3. The number of nitrogens with zero attached hydrogens (tertiary/aromatic N) is 2. The van der Waals surface area contributed by atoms with E-state index in [-0.39, 0.29) is 11.6 Å². The lowest BCUT2D eigenvalue weighted by atomic mass is 10.2. The molecule has 0 radical (unpaired) electrons. The molecule has 1 fully saturated rings. The van der Waals surface area contributed by atoms with Gasteiger partial charge in [-0.1, -0.05) is 12.1 Å². The predicted molar refractivity (Wildman–Crippen MR) is 82.5 cm³/mol. The highest BCUT2D eigenvalue weighted by atomic mass is 32.2. The summed E-state index contributed by atoms with van der Waals surface area (Å²) in [6, 6.07) is 6.60. The van der Waals surface area contributed by atoms with Crippen molar-refractivity contribution in [1.82, 2.24) is 9.62 Å². The summed E-state index contributed by atoms with van der Waals surface area (Å²) in [7, 11) is -1.39. The first-order valence-electron chi connectivity index (χ1n) is 7.16. The third-order valence-electron chi connectivity index (χ3n) is 3.65. The maximum Gasteiger partial charge on any atom is 0.214 e. The quantitative estimate of drug-likeness (QED) is 0.792. The minimum absolute atomic E-state index is 0.160. The van der Waals surface area contributed by atoms with Gasteiger partial charge in [0, 0.05) is 26.2 Å². The SMILES string of the molecule is CNCCCS(=O)(=O)N1CCN(c2ccccc2F)CC1. The molecule has 21 heavy (non-hydrogen) atoms. The Morgan fingerprint density at radius 1 is 1.19 bits per heavy atom. The molecular formula is C14H22FN3O2S. The Morgan fingerprint density at radius 2 is 1.86 bits per heavy atom. The van der Waals surface area contributed by atoms with Crippen molar-refractivity contribution in [3.8, 4) is 0 Å². The van der Waals surface area contributed by atoms with E-state index in [1.807, 2.05) is 4.90 Å². The Morgan fingerprint density at radius 3 is 2.48 bits per heavy atom. The predicted octanol–water partition coefficient (Wildman–Crippen LogP) is 0.887. The molecule has 1 saturated heterocycles. The topological polar surface area (TPSA) is 52.7 Å². The minimum Gasteiger partial charge on any atom is -0.367 e. The van der Waals surface area contributed by atoms with Gasteiger partial charge < -0.3 is 10.2 Å². The molecule has 0 spiro atoms. The average molecular weight is 315 g/mol. The fraction of sp³-hybridized carbons (Fsp3) is 0.571. The maximum atomic E-state index is 13.7. The summed E-state index contributed by atoms with van der Waals surface area (Å²) in [5.41, 5.74) is 0.546. The zero-order valence-corrected chi connectivity index (χ0v) is 13.1. The number of benzene rings is 1. The molecule has 0 atom stereocenters. The number of hydrogen-bond donors (Lipinski definition) is 1. The van der Waals surface area contributed by atoms with Gasteiger partial charge in [0.15, 0.2) is 0 Å². The second-order valence-corrected chi connectivity index (χ2v) is 7.20. The Hall–Kier alpha value is -1.18. The lowest BCUT2D eigenvalue weighted by molar-refractivity contribution is 0.382. The van der Waals surface area contributed by atoms with Crippen molar-refractivity contribution in [1.29, 1.82) is 0 Å². The molecular weight excluding hydrogens is 293 g/mol. The second kappa shape index (κ2) is 7.20. The second-order valence-electron chi connectivity index (χ2n) is 5.11. The van der Waals surface area contributed by atoms with Crippen molar-refractivity contribution < 1.29 is 12.8 Å². The van der Waals surface area contributed by atoms with Crippen LogP contribution in [-0.2, 0) is 10.0 Å². The van der Waals surface area contributed by atoms with Crippen LogP contribution >= 0.6 is 0 Å². The van der Waals surface area contributed by atoms with Crippen LogP contribution in [0.5, 0.6) is 0 Å². The summed E-state index contributed by atoms with van der Waals surface area (Å²) in [6.07, 6.45) is 0.604. The molecule has 1 aromatic carbocycles. The third kappa shape index (κ3) is 4.15. The molecule has 1 aromatic rings. The van der Waals surface area contributed by atoms with Crippen LogP contribution in [0, 0.1) is 5.82 Å². The van der Waals surface area contributed by atoms with Gasteiger partial charge in [-0.2, -0.15) is 4.31 Å². The summed E-state index contributed by atoms with van der Waals surface area (Å²) in [6.45, 7) is 2.55. The first-order valence-corrected chi connectivity index (χ1v) is 8.77. The molecule has 0 unspecified atom stereocenters. The van der Waals surface area contributed by atoms with Crippen molar-refractivity contribution in [2.45, 2.75) is 6.42 Å². The number of halogens is 1. The van der Waals surface area contributed by atoms with E-state index in [9.17, 15) is 12.8 Å². The van der Waals surface area contributed by atoms with Gasteiger partial charge >= 0.3 is 0 Å². The van der Waals surface area contributed by atoms with Crippen LogP contribution in [0.25, 0.3) is 0 Å². The third-order valence-corrected chi connectivity index (χ3v) is 5.61. The highest BCUT2D eigenvalue weighted by Gasteiger charge is 2.27. The van der Waals surface area contributed by atoms with Gasteiger partial charge in [-0.15, -0.1) is 0 Å². The molecule has 0 bridgehead atoms. The zero-order chi connectivity index (χ0) is 15.3. The van der Waals surface area contributed by atoms with Gasteiger partial charge in [-0.25, -0.2) is 12.8 Å². The van der Waals surface area contributed by atoms with Crippen molar-refractivity contribution in [3.05, 3.63) is 30.1 Å². The van der Waals surface area contributed by atoms with Crippen LogP contribution < -0.4 is 10.2 Å². The monoisotopic (exact) mass is 315 g/mol. The number of piperazine rings is 1. The molecule has 0 aliphatic carbocycles. The number of anilines is 1. The van der Waals surface area contributed by atoms with E-state index in [2.05, 4.69) is 5.32 Å². The summed E-state index contributed by atoms with van der Waals surface area (Å²) in [5.74, 6) is -0.101. The van der Waals surface area contributed by atoms with E-state index in [0.29, 0.717) is 44.8 Å². The normalized spacial score (nSPS) is 17.1. The van der Waals surface area contributed by atoms with E-state index in [0.717, 1.165) is 0 Å². The van der Waals surface area contributed by atoms with Crippen LogP contribution in [0.3, 0.4) is 0 Å². The van der Waals surface area contributed by atoms with Crippen molar-refractivity contribution in [2.24, 2.45) is 0 Å². The van der Waals surface area contributed by atoms with Gasteiger partial charge in [0.25, 0.3) is 0 Å². The molecule has 1 N–H and O–H groups in total. The Labute approximate surface area is 125 Å². The van der Waals surface area contributed by atoms with Crippen molar-refractivity contribution >= 4 is 15.7 Å². The Balaban J connectivity index is 1.93. The first kappa shape index (κ1) is 16.2. The Kier molecular flexibility index (Phi) is 5.55. The smallest absolute Gasteiger partial charge is 0.214 e. The van der Waals surface area contributed by atoms with E-state index in [1.54, 1.807) is 25.2 Å². The molecule has 5 nitrogen and oxygen atoms in total. The standard InChI is InChI=1S/C14H22FN3O2S/c1-16-7-4-12-21(19,20)18-10-8-17(9-11-18)14-6-3-2-5-13(14)15/h2-3,5-6,16H,4,7-12H2,1H3. The van der Waals surface area contributed by atoms with Crippen LogP contribution in [0.2, 0.25) is 0 Å². The average Bonchev–Trinajstić information content (AvgIpc) is 2.48. The maximum absolute atomic E-state index is 13.7. The fourth-order valence-electron chi connectivity index (χ4n) is 2.48. The molecule has 2 rings (SSSR count). The van der Waals surface area contributed by atoms with Crippen molar-refractivity contribution in [2.75, 3.05) is 50.4 Å². The number of para-hydroxylation sites is 1. The number of hydrogen-bond acceptors (Lipinski definition) is 4. The summed E-state index contributed by atoms with van der Waals surface area (Å²) >= 11 is 0. The van der Waals surface area contributed by atoms with Gasteiger partial charge in [0.05, 0.1) is 11.4 Å². The minimum atomic E-state index is -3.20. The molecule has 0 aromatic heterocycles. The molecule has 1 aliphatic rings. The highest BCUT2D eigenvalue weighted by molar-refractivity contribution is 7.89. The summed E-state index contributed by atoms with van der Waals surface area (Å²) in [4.78, 5) is 1.90. The number of nitrogens with one attached hydrogen (secondary N) is 1. The number of sulfonamides is 1. The molecule has 118 valence electrons. The van der Waals surface area contributed by atoms with Crippen LogP contribution in [0.1, 0.15) is 6.42 Å². The van der Waals surface area contributed by atoms with E-state index in [4.69, 9.17) is 0 Å².